The second kappa shape index (κ2) is 8.22. The first-order valence-electron chi connectivity index (χ1n) is 7.61. The lowest BCUT2D eigenvalue weighted by atomic mass is 9.96. The van der Waals surface area contributed by atoms with Crippen molar-refractivity contribution in [1.29, 1.82) is 0 Å². The van der Waals surface area contributed by atoms with Crippen LogP contribution in [0.4, 0.5) is 14.5 Å². The Kier molecular flexibility index (Phi) is 6.29. The van der Waals surface area contributed by atoms with E-state index in [1.54, 1.807) is 12.1 Å². The molecule has 0 aliphatic heterocycles. The third-order valence-electron chi connectivity index (χ3n) is 3.61. The fourth-order valence-electron chi connectivity index (χ4n) is 2.41. The van der Waals surface area contributed by atoms with Crippen molar-refractivity contribution in [3.05, 3.63) is 64.7 Å². The molecule has 0 saturated heterocycles. The summed E-state index contributed by atoms with van der Waals surface area (Å²) in [6.45, 7) is 3.96. The zero-order valence-corrected chi connectivity index (χ0v) is 14.2. The van der Waals surface area contributed by atoms with Crippen LogP contribution in [0.2, 0.25) is 5.02 Å². The van der Waals surface area contributed by atoms with Crippen molar-refractivity contribution < 1.29 is 13.6 Å². The monoisotopic (exact) mass is 352 g/mol. The number of carbonyl (C=O) groups excluding carboxylic acids is 1. The number of hydrogen-bond acceptors (Lipinski definition) is 2. The number of para-hydroxylation sites is 1. The minimum absolute atomic E-state index is 0.0702. The molecule has 128 valence electrons. The van der Waals surface area contributed by atoms with Crippen LogP contribution in [-0.4, -0.2) is 12.5 Å². The SMILES string of the molecule is CC(C)[C@H](NCC(=O)Nc1c(F)cccc1F)c1ccc(Cl)cc1. The summed E-state index contributed by atoms with van der Waals surface area (Å²) in [5.74, 6) is -1.91. The third kappa shape index (κ3) is 4.76. The van der Waals surface area contributed by atoms with Gasteiger partial charge in [-0.15, -0.1) is 0 Å². The van der Waals surface area contributed by atoms with Crippen molar-refractivity contribution in [3.8, 4) is 0 Å². The van der Waals surface area contributed by atoms with Crippen molar-refractivity contribution in [2.45, 2.75) is 19.9 Å². The van der Waals surface area contributed by atoms with Gasteiger partial charge in [0.05, 0.1) is 6.54 Å². The van der Waals surface area contributed by atoms with Crippen LogP contribution < -0.4 is 10.6 Å². The van der Waals surface area contributed by atoms with Gasteiger partial charge in [0.25, 0.3) is 0 Å². The first-order valence-corrected chi connectivity index (χ1v) is 7.99. The average molecular weight is 353 g/mol. The van der Waals surface area contributed by atoms with E-state index in [1.165, 1.54) is 6.07 Å². The number of benzene rings is 2. The van der Waals surface area contributed by atoms with Crippen LogP contribution in [0, 0.1) is 17.6 Å². The van der Waals surface area contributed by atoms with Gasteiger partial charge in [0.1, 0.15) is 17.3 Å². The lowest BCUT2D eigenvalue weighted by Gasteiger charge is -2.23. The van der Waals surface area contributed by atoms with Crippen LogP contribution in [-0.2, 0) is 4.79 Å². The summed E-state index contributed by atoms with van der Waals surface area (Å²) >= 11 is 5.89. The Morgan fingerprint density at radius 3 is 2.21 bits per heavy atom. The van der Waals surface area contributed by atoms with Gasteiger partial charge in [-0.3, -0.25) is 4.79 Å². The van der Waals surface area contributed by atoms with E-state index in [-0.39, 0.29) is 18.5 Å². The van der Waals surface area contributed by atoms with E-state index in [9.17, 15) is 13.6 Å². The molecule has 1 amide bonds. The molecule has 3 nitrogen and oxygen atoms in total. The summed E-state index contributed by atoms with van der Waals surface area (Å²) in [7, 11) is 0. The molecule has 0 radical (unpaired) electrons. The molecule has 0 saturated carbocycles. The molecule has 0 unspecified atom stereocenters. The largest absolute Gasteiger partial charge is 0.320 e. The highest BCUT2D eigenvalue weighted by Gasteiger charge is 2.18. The number of hydrogen-bond donors (Lipinski definition) is 2. The predicted octanol–water partition coefficient (Wildman–Crippen LogP) is 4.54. The third-order valence-corrected chi connectivity index (χ3v) is 3.86. The number of anilines is 1. The maximum absolute atomic E-state index is 13.6. The number of halogens is 3. The molecule has 6 heteroatoms. The lowest BCUT2D eigenvalue weighted by Crippen LogP contribution is -2.34. The summed E-state index contributed by atoms with van der Waals surface area (Å²) in [6, 6.07) is 10.7. The fourth-order valence-corrected chi connectivity index (χ4v) is 2.54. The summed E-state index contributed by atoms with van der Waals surface area (Å²) in [4.78, 5) is 12.0. The van der Waals surface area contributed by atoms with Crippen LogP contribution in [0.5, 0.6) is 0 Å². The van der Waals surface area contributed by atoms with Gasteiger partial charge in [-0.1, -0.05) is 43.6 Å². The van der Waals surface area contributed by atoms with Crippen LogP contribution in [0.3, 0.4) is 0 Å². The molecule has 0 aromatic heterocycles. The van der Waals surface area contributed by atoms with E-state index in [2.05, 4.69) is 10.6 Å². The van der Waals surface area contributed by atoms with E-state index in [1.807, 2.05) is 26.0 Å². The molecule has 24 heavy (non-hydrogen) atoms. The van der Waals surface area contributed by atoms with Crippen molar-refractivity contribution >= 4 is 23.2 Å². The van der Waals surface area contributed by atoms with Gasteiger partial charge >= 0.3 is 0 Å². The molecule has 0 bridgehead atoms. The smallest absolute Gasteiger partial charge is 0.238 e. The molecule has 2 aromatic carbocycles. The molecule has 0 spiro atoms. The highest BCUT2D eigenvalue weighted by Crippen LogP contribution is 2.23. The Hall–Kier alpha value is -1.98. The number of rotatable bonds is 6. The van der Waals surface area contributed by atoms with E-state index in [0.717, 1.165) is 17.7 Å². The van der Waals surface area contributed by atoms with Crippen LogP contribution in [0.1, 0.15) is 25.5 Å². The lowest BCUT2D eigenvalue weighted by molar-refractivity contribution is -0.115. The molecule has 2 aromatic rings. The minimum atomic E-state index is -0.804. The van der Waals surface area contributed by atoms with Gasteiger partial charge in [-0.05, 0) is 35.7 Å². The molecule has 0 aliphatic rings. The highest BCUT2D eigenvalue weighted by molar-refractivity contribution is 6.30. The fraction of sp³-hybridized carbons (Fsp3) is 0.278. The Morgan fingerprint density at radius 1 is 1.08 bits per heavy atom. The predicted molar refractivity (Wildman–Crippen MR) is 92.0 cm³/mol. The average Bonchev–Trinajstić information content (AvgIpc) is 2.52. The topological polar surface area (TPSA) is 41.1 Å². The number of nitrogens with one attached hydrogen (secondary N) is 2. The molecule has 0 heterocycles. The van der Waals surface area contributed by atoms with Gasteiger partial charge < -0.3 is 10.6 Å². The summed E-state index contributed by atoms with van der Waals surface area (Å²) in [5.41, 5.74) is 0.552. The van der Waals surface area contributed by atoms with Gasteiger partial charge in [-0.25, -0.2) is 8.78 Å². The Bertz CT molecular complexity index is 684. The van der Waals surface area contributed by atoms with Crippen LogP contribution >= 0.6 is 11.6 Å². The van der Waals surface area contributed by atoms with E-state index < -0.39 is 23.2 Å². The standard InChI is InChI=1S/C18H19ClF2N2O/c1-11(2)17(12-6-8-13(19)9-7-12)22-10-16(24)23-18-14(20)4-3-5-15(18)21/h3-9,11,17,22H,10H2,1-2H3,(H,23,24)/t17-/m0/s1. The van der Waals surface area contributed by atoms with Gasteiger partial charge in [0, 0.05) is 11.1 Å². The van der Waals surface area contributed by atoms with Crippen molar-refractivity contribution in [2.24, 2.45) is 5.92 Å². The summed E-state index contributed by atoms with van der Waals surface area (Å²) in [5, 5.41) is 6.01. The molecule has 2 rings (SSSR count). The molecular weight excluding hydrogens is 334 g/mol. The number of carbonyl (C=O) groups is 1. The second-order valence-corrected chi connectivity index (χ2v) is 6.24. The van der Waals surface area contributed by atoms with Gasteiger partial charge in [-0.2, -0.15) is 0 Å². The molecule has 1 atom stereocenters. The van der Waals surface area contributed by atoms with Crippen molar-refractivity contribution in [3.63, 3.8) is 0 Å². The van der Waals surface area contributed by atoms with Crippen molar-refractivity contribution in [1.82, 2.24) is 5.32 Å². The van der Waals surface area contributed by atoms with E-state index in [4.69, 9.17) is 11.6 Å². The molecular formula is C18H19ClF2N2O. The van der Waals surface area contributed by atoms with Crippen LogP contribution in [0.15, 0.2) is 42.5 Å². The van der Waals surface area contributed by atoms with Gasteiger partial charge in [0.15, 0.2) is 0 Å². The minimum Gasteiger partial charge on any atom is -0.320 e. The van der Waals surface area contributed by atoms with Crippen LogP contribution in [0.25, 0.3) is 0 Å². The first kappa shape index (κ1) is 18.4. The molecule has 2 N–H and O–H groups in total. The second-order valence-electron chi connectivity index (χ2n) is 5.80. The zero-order valence-electron chi connectivity index (χ0n) is 13.4. The maximum atomic E-state index is 13.6. The molecule has 0 aliphatic carbocycles. The first-order chi connectivity index (χ1) is 11.4. The normalized spacial score (nSPS) is 12.2. The Morgan fingerprint density at radius 2 is 1.67 bits per heavy atom. The van der Waals surface area contributed by atoms with Crippen molar-refractivity contribution in [2.75, 3.05) is 11.9 Å². The zero-order chi connectivity index (χ0) is 17.7. The van der Waals surface area contributed by atoms with E-state index in [0.29, 0.717) is 5.02 Å². The maximum Gasteiger partial charge on any atom is 0.238 e. The summed E-state index contributed by atoms with van der Waals surface area (Å²) in [6.07, 6.45) is 0. The summed E-state index contributed by atoms with van der Waals surface area (Å²) < 4.78 is 27.1. The van der Waals surface area contributed by atoms with Gasteiger partial charge in [0.2, 0.25) is 5.91 Å². The molecule has 0 fully saturated rings. The quantitative estimate of drug-likeness (QED) is 0.801. The van der Waals surface area contributed by atoms with E-state index >= 15 is 0 Å². The Balaban J connectivity index is 2.01. The Labute approximate surface area is 145 Å². The highest BCUT2D eigenvalue weighted by atomic mass is 35.5. The number of amides is 1.